The molecule has 8 heteroatoms. The number of sulfonamides is 1. The van der Waals surface area contributed by atoms with E-state index in [1.165, 1.54) is 19.2 Å². The molecule has 0 unspecified atom stereocenters. The van der Waals surface area contributed by atoms with E-state index in [0.29, 0.717) is 5.69 Å². The van der Waals surface area contributed by atoms with Gasteiger partial charge in [-0.25, -0.2) is 8.42 Å². The molecule has 24 heavy (non-hydrogen) atoms. The molecule has 0 fully saturated rings. The van der Waals surface area contributed by atoms with E-state index in [9.17, 15) is 23.8 Å². The van der Waals surface area contributed by atoms with Crippen molar-refractivity contribution in [1.29, 1.82) is 5.26 Å². The topological polar surface area (TPSA) is 104 Å². The van der Waals surface area contributed by atoms with Gasteiger partial charge in [0.15, 0.2) is 5.56 Å². The number of nitriles is 1. The maximum absolute atomic E-state index is 12.9. The van der Waals surface area contributed by atoms with Crippen LogP contribution in [0.25, 0.3) is 0 Å². The number of nitrogens with zero attached hydrogens (tertiary/aromatic N) is 3. The molecule has 0 N–H and O–H groups in total. The van der Waals surface area contributed by atoms with Crippen LogP contribution < -0.4 is 4.31 Å². The molecule has 0 saturated heterocycles. The highest BCUT2D eigenvalue weighted by molar-refractivity contribution is 7.92. The van der Waals surface area contributed by atoms with Crippen LogP contribution in [0.15, 0.2) is 41.3 Å². The van der Waals surface area contributed by atoms with E-state index in [1.807, 2.05) is 19.9 Å². The van der Waals surface area contributed by atoms with Gasteiger partial charge in [0.25, 0.3) is 15.7 Å². The Bertz CT molecular complexity index is 942. The Morgan fingerprint density at radius 1 is 1.17 bits per heavy atom. The number of hydrogen-bond donors (Lipinski definition) is 0. The van der Waals surface area contributed by atoms with Gasteiger partial charge >= 0.3 is 0 Å². The summed E-state index contributed by atoms with van der Waals surface area (Å²) in [6, 6.07) is 10.5. The maximum Gasteiger partial charge on any atom is 0.288 e. The fourth-order valence-corrected chi connectivity index (χ4v) is 3.75. The summed E-state index contributed by atoms with van der Waals surface area (Å²) < 4.78 is 26.7. The Hall–Kier alpha value is -2.92. The Morgan fingerprint density at radius 2 is 1.75 bits per heavy atom. The third-order valence-corrected chi connectivity index (χ3v) is 5.35. The number of rotatable bonds is 4. The lowest BCUT2D eigenvalue weighted by atomic mass is 10.1. The smallest absolute Gasteiger partial charge is 0.269 e. The van der Waals surface area contributed by atoms with Gasteiger partial charge in [0, 0.05) is 13.1 Å². The molecule has 0 saturated carbocycles. The summed E-state index contributed by atoms with van der Waals surface area (Å²) in [4.78, 5) is 9.88. The molecular weight excluding hydrogens is 330 g/mol. The first-order valence-corrected chi connectivity index (χ1v) is 8.37. The van der Waals surface area contributed by atoms with Gasteiger partial charge in [-0.05, 0) is 43.2 Å². The molecule has 2 aromatic rings. The highest BCUT2D eigenvalue weighted by Gasteiger charge is 2.29. The number of aryl methyl sites for hydroxylation is 2. The summed E-state index contributed by atoms with van der Waals surface area (Å²) in [5.41, 5.74) is 1.17. The molecule has 2 rings (SSSR count). The van der Waals surface area contributed by atoms with Crippen molar-refractivity contribution in [1.82, 2.24) is 0 Å². The lowest BCUT2D eigenvalue weighted by molar-refractivity contribution is -0.385. The average Bonchev–Trinajstić information content (AvgIpc) is 2.52. The molecule has 0 amide bonds. The van der Waals surface area contributed by atoms with Gasteiger partial charge in [0.05, 0.1) is 10.6 Å². The molecule has 0 aliphatic rings. The van der Waals surface area contributed by atoms with Gasteiger partial charge in [0.2, 0.25) is 0 Å². The van der Waals surface area contributed by atoms with Crippen LogP contribution >= 0.6 is 0 Å². The summed E-state index contributed by atoms with van der Waals surface area (Å²) in [6.45, 7) is 3.68. The molecule has 124 valence electrons. The van der Waals surface area contributed by atoms with Crippen molar-refractivity contribution in [3.63, 3.8) is 0 Å². The van der Waals surface area contributed by atoms with Crippen LogP contribution in [-0.2, 0) is 10.0 Å². The molecule has 0 atom stereocenters. The summed E-state index contributed by atoms with van der Waals surface area (Å²) >= 11 is 0. The van der Waals surface area contributed by atoms with Crippen LogP contribution in [0, 0.1) is 35.3 Å². The predicted molar refractivity (Wildman–Crippen MR) is 89.3 cm³/mol. The Kier molecular flexibility index (Phi) is 4.57. The summed E-state index contributed by atoms with van der Waals surface area (Å²) in [6.07, 6.45) is 0. The zero-order chi connectivity index (χ0) is 18.1. The number of nitro benzene ring substituents is 1. The van der Waals surface area contributed by atoms with Crippen LogP contribution in [0.5, 0.6) is 0 Å². The van der Waals surface area contributed by atoms with E-state index in [-0.39, 0.29) is 4.90 Å². The highest BCUT2D eigenvalue weighted by Crippen LogP contribution is 2.30. The van der Waals surface area contributed by atoms with Crippen molar-refractivity contribution in [2.24, 2.45) is 0 Å². The average molecular weight is 345 g/mol. The Labute approximate surface area is 140 Å². The quantitative estimate of drug-likeness (QED) is 0.626. The van der Waals surface area contributed by atoms with Gasteiger partial charge in [-0.2, -0.15) is 5.26 Å². The van der Waals surface area contributed by atoms with Crippen molar-refractivity contribution < 1.29 is 13.3 Å². The molecule has 2 aromatic carbocycles. The highest BCUT2D eigenvalue weighted by atomic mass is 32.2. The minimum absolute atomic E-state index is 0.388. The molecule has 0 heterocycles. The van der Waals surface area contributed by atoms with E-state index in [0.717, 1.165) is 21.5 Å². The molecule has 0 aliphatic heterocycles. The van der Waals surface area contributed by atoms with Crippen molar-refractivity contribution in [3.8, 4) is 6.07 Å². The van der Waals surface area contributed by atoms with Gasteiger partial charge in [-0.1, -0.05) is 12.1 Å². The number of benzene rings is 2. The zero-order valence-corrected chi connectivity index (χ0v) is 14.2. The van der Waals surface area contributed by atoms with Crippen molar-refractivity contribution in [2.45, 2.75) is 18.7 Å². The van der Waals surface area contributed by atoms with E-state index in [2.05, 4.69) is 0 Å². The standard InChI is InChI=1S/C16H15N3O4S/c1-11-7-12(2)9-13(8-11)18(3)24(22,23)16-6-4-5-15(19(20)21)14(16)10-17/h4-9H,1-3H3. The van der Waals surface area contributed by atoms with E-state index in [1.54, 1.807) is 18.2 Å². The monoisotopic (exact) mass is 345 g/mol. The van der Waals surface area contributed by atoms with Gasteiger partial charge in [-0.3, -0.25) is 14.4 Å². The second-order valence-corrected chi connectivity index (χ2v) is 7.28. The fourth-order valence-electron chi connectivity index (χ4n) is 2.42. The molecule has 0 radical (unpaired) electrons. The van der Waals surface area contributed by atoms with Crippen LogP contribution in [0.1, 0.15) is 16.7 Å². The first-order valence-electron chi connectivity index (χ1n) is 6.93. The SMILES string of the molecule is Cc1cc(C)cc(N(C)S(=O)(=O)c2cccc([N+](=O)[O-])c2C#N)c1. The summed E-state index contributed by atoms with van der Waals surface area (Å²) in [5.74, 6) is 0. The molecule has 7 nitrogen and oxygen atoms in total. The minimum Gasteiger partial charge on any atom is -0.269 e. The third-order valence-electron chi connectivity index (χ3n) is 3.52. The number of anilines is 1. The lowest BCUT2D eigenvalue weighted by Gasteiger charge is -2.21. The number of hydrogen-bond acceptors (Lipinski definition) is 5. The largest absolute Gasteiger partial charge is 0.288 e. The second-order valence-electron chi connectivity index (χ2n) is 5.34. The van der Waals surface area contributed by atoms with Gasteiger partial charge < -0.3 is 0 Å². The normalized spacial score (nSPS) is 10.9. The van der Waals surface area contributed by atoms with Crippen LogP contribution in [0.3, 0.4) is 0 Å². The maximum atomic E-state index is 12.9. The molecule has 0 bridgehead atoms. The zero-order valence-electron chi connectivity index (χ0n) is 13.3. The Morgan fingerprint density at radius 3 is 2.25 bits per heavy atom. The summed E-state index contributed by atoms with van der Waals surface area (Å²) in [7, 11) is -2.77. The molecule has 0 aliphatic carbocycles. The van der Waals surface area contributed by atoms with Crippen molar-refractivity contribution in [2.75, 3.05) is 11.4 Å². The third kappa shape index (κ3) is 3.07. The van der Waals surface area contributed by atoms with Crippen molar-refractivity contribution in [3.05, 3.63) is 63.2 Å². The molecule has 0 aromatic heterocycles. The van der Waals surface area contributed by atoms with Crippen LogP contribution in [0.2, 0.25) is 0 Å². The van der Waals surface area contributed by atoms with Gasteiger partial charge in [-0.15, -0.1) is 0 Å². The van der Waals surface area contributed by atoms with E-state index < -0.39 is 26.2 Å². The van der Waals surface area contributed by atoms with E-state index in [4.69, 9.17) is 0 Å². The van der Waals surface area contributed by atoms with Crippen LogP contribution in [0.4, 0.5) is 11.4 Å². The minimum atomic E-state index is -4.12. The number of nitro groups is 1. The predicted octanol–water partition coefficient (Wildman–Crippen LogP) is 2.91. The molecular formula is C16H15N3O4S. The van der Waals surface area contributed by atoms with E-state index >= 15 is 0 Å². The summed E-state index contributed by atoms with van der Waals surface area (Å²) in [5, 5.41) is 20.2. The first kappa shape index (κ1) is 17.4. The fraction of sp³-hybridized carbons (Fsp3) is 0.188. The lowest BCUT2D eigenvalue weighted by Crippen LogP contribution is -2.27. The Balaban J connectivity index is 2.65. The first-order chi connectivity index (χ1) is 11.2. The van der Waals surface area contributed by atoms with Crippen molar-refractivity contribution >= 4 is 21.4 Å². The molecule has 0 spiro atoms. The van der Waals surface area contributed by atoms with Crippen LogP contribution in [-0.4, -0.2) is 20.4 Å². The second kappa shape index (κ2) is 6.29. The van der Waals surface area contributed by atoms with Gasteiger partial charge in [0.1, 0.15) is 11.0 Å².